The maximum atomic E-state index is 14.0. The number of Topliss-reactive ketones (excluding diaryl/α,β-unsaturated/α-hetero) is 1. The van der Waals surface area contributed by atoms with E-state index in [-0.39, 0.29) is 17.4 Å². The summed E-state index contributed by atoms with van der Waals surface area (Å²) in [6.45, 7) is 1.78. The van der Waals surface area contributed by atoms with E-state index in [2.05, 4.69) is 15.5 Å². The van der Waals surface area contributed by atoms with Crippen LogP contribution < -0.4 is 5.32 Å². The molecule has 0 aliphatic heterocycles. The number of amides is 1. The van der Waals surface area contributed by atoms with Crippen molar-refractivity contribution in [1.82, 2.24) is 15.5 Å². The summed E-state index contributed by atoms with van der Waals surface area (Å²) in [7, 11) is 0. The zero-order chi connectivity index (χ0) is 15.9. The van der Waals surface area contributed by atoms with E-state index in [1.54, 1.807) is 17.6 Å². The monoisotopic (exact) mass is 339 g/mol. The SMILES string of the molecule is CC(=O)NCCc1ccc(C(=O)CSc2nncs2)cc1F. The number of hydrogen-bond donors (Lipinski definition) is 1. The Balaban J connectivity index is 1.92. The molecule has 8 heteroatoms. The number of carbonyl (C=O) groups excluding carboxylic acids is 2. The molecule has 0 aliphatic carbocycles. The summed E-state index contributed by atoms with van der Waals surface area (Å²) in [4.78, 5) is 22.8. The van der Waals surface area contributed by atoms with Crippen LogP contribution in [0.3, 0.4) is 0 Å². The summed E-state index contributed by atoms with van der Waals surface area (Å²) in [6.07, 6.45) is 0.388. The molecule has 0 aliphatic rings. The Morgan fingerprint density at radius 3 is 2.86 bits per heavy atom. The Hall–Kier alpha value is -1.80. The number of rotatable bonds is 7. The molecule has 0 atom stereocenters. The standard InChI is InChI=1S/C14H14FN3O2S2/c1-9(19)16-5-4-10-2-3-11(6-12(10)15)13(20)7-21-14-18-17-8-22-14/h2-3,6,8H,4-5,7H2,1H3,(H,16,19). The van der Waals surface area contributed by atoms with Crippen molar-refractivity contribution in [1.29, 1.82) is 0 Å². The van der Waals surface area contributed by atoms with Crippen molar-refractivity contribution in [2.45, 2.75) is 17.7 Å². The van der Waals surface area contributed by atoms with Crippen molar-refractivity contribution in [2.75, 3.05) is 12.3 Å². The lowest BCUT2D eigenvalue weighted by Gasteiger charge is -2.06. The zero-order valence-corrected chi connectivity index (χ0v) is 13.5. The second kappa shape index (κ2) is 8.00. The lowest BCUT2D eigenvalue weighted by molar-refractivity contribution is -0.118. The first-order chi connectivity index (χ1) is 10.6. The molecule has 1 heterocycles. The highest BCUT2D eigenvalue weighted by Gasteiger charge is 2.11. The van der Waals surface area contributed by atoms with Gasteiger partial charge >= 0.3 is 0 Å². The van der Waals surface area contributed by atoms with Crippen molar-refractivity contribution in [3.63, 3.8) is 0 Å². The predicted octanol–water partition coefficient (Wildman–Crippen LogP) is 2.33. The molecule has 0 saturated carbocycles. The molecule has 0 radical (unpaired) electrons. The lowest BCUT2D eigenvalue weighted by atomic mass is 10.1. The Kier molecular flexibility index (Phi) is 6.02. The van der Waals surface area contributed by atoms with Gasteiger partial charge < -0.3 is 5.32 Å². The van der Waals surface area contributed by atoms with Crippen LogP contribution in [0, 0.1) is 5.82 Å². The summed E-state index contributed by atoms with van der Waals surface area (Å²) in [5.41, 5.74) is 2.40. The number of benzene rings is 1. The molecule has 5 nitrogen and oxygen atoms in total. The predicted molar refractivity (Wildman–Crippen MR) is 83.8 cm³/mol. The maximum absolute atomic E-state index is 14.0. The van der Waals surface area contributed by atoms with E-state index in [9.17, 15) is 14.0 Å². The van der Waals surface area contributed by atoms with Gasteiger partial charge in [-0.25, -0.2) is 4.39 Å². The number of ketones is 1. The van der Waals surface area contributed by atoms with Crippen LogP contribution in [0.5, 0.6) is 0 Å². The van der Waals surface area contributed by atoms with Crippen molar-refractivity contribution in [2.24, 2.45) is 0 Å². The van der Waals surface area contributed by atoms with Gasteiger partial charge in [0.05, 0.1) is 5.75 Å². The molecule has 1 aromatic heterocycles. The summed E-state index contributed by atoms with van der Waals surface area (Å²) < 4.78 is 14.7. The molecule has 116 valence electrons. The fourth-order valence-corrected chi connectivity index (χ4v) is 3.12. The van der Waals surface area contributed by atoms with E-state index >= 15 is 0 Å². The highest BCUT2D eigenvalue weighted by molar-refractivity contribution is 8.01. The Morgan fingerprint density at radius 2 is 2.23 bits per heavy atom. The van der Waals surface area contributed by atoms with Crippen LogP contribution in [0.1, 0.15) is 22.8 Å². The summed E-state index contributed by atoms with van der Waals surface area (Å²) in [5, 5.41) is 10.1. The van der Waals surface area contributed by atoms with Crippen LogP contribution in [0.2, 0.25) is 0 Å². The van der Waals surface area contributed by atoms with Crippen molar-refractivity contribution < 1.29 is 14.0 Å². The average Bonchev–Trinajstić information content (AvgIpc) is 2.99. The molecule has 1 aromatic carbocycles. The van der Waals surface area contributed by atoms with Gasteiger partial charge in [0.25, 0.3) is 0 Å². The number of hydrogen-bond acceptors (Lipinski definition) is 6. The van der Waals surface area contributed by atoms with Crippen LogP contribution in [-0.4, -0.2) is 34.2 Å². The number of halogens is 1. The first-order valence-corrected chi connectivity index (χ1v) is 8.38. The van der Waals surface area contributed by atoms with E-state index in [0.29, 0.717) is 28.4 Å². The smallest absolute Gasteiger partial charge is 0.216 e. The van der Waals surface area contributed by atoms with Gasteiger partial charge in [-0.3, -0.25) is 9.59 Å². The van der Waals surface area contributed by atoms with Gasteiger partial charge in [-0.15, -0.1) is 10.2 Å². The Bertz CT molecular complexity index is 662. The van der Waals surface area contributed by atoms with Crippen molar-refractivity contribution in [3.05, 3.63) is 40.7 Å². The minimum atomic E-state index is -0.433. The normalized spacial score (nSPS) is 10.5. The fourth-order valence-electron chi connectivity index (χ4n) is 1.73. The van der Waals surface area contributed by atoms with Crippen LogP contribution >= 0.6 is 23.1 Å². The van der Waals surface area contributed by atoms with Crippen molar-refractivity contribution in [3.8, 4) is 0 Å². The van der Waals surface area contributed by atoms with E-state index in [4.69, 9.17) is 0 Å². The second-order valence-corrected chi connectivity index (χ2v) is 6.51. The first kappa shape index (κ1) is 16.6. The fraction of sp³-hybridized carbons (Fsp3) is 0.286. The quantitative estimate of drug-likeness (QED) is 0.619. The van der Waals surface area contributed by atoms with E-state index in [1.807, 2.05) is 0 Å². The van der Waals surface area contributed by atoms with Crippen LogP contribution in [0.15, 0.2) is 28.0 Å². The van der Waals surface area contributed by atoms with Crippen LogP contribution in [0.25, 0.3) is 0 Å². The molecule has 0 bridgehead atoms. The van der Waals surface area contributed by atoms with Gasteiger partial charge in [0.15, 0.2) is 10.1 Å². The number of aromatic nitrogens is 2. The molecule has 2 rings (SSSR count). The van der Waals surface area contributed by atoms with Gasteiger partial charge in [-0.05, 0) is 18.1 Å². The van der Waals surface area contributed by atoms with Gasteiger partial charge in [0.2, 0.25) is 5.91 Å². The third-order valence-corrected chi connectivity index (χ3v) is 4.67. The maximum Gasteiger partial charge on any atom is 0.216 e. The van der Waals surface area contributed by atoms with E-state index in [1.165, 1.54) is 36.1 Å². The minimum Gasteiger partial charge on any atom is -0.356 e. The summed E-state index contributed by atoms with van der Waals surface area (Å²) in [5.74, 6) is -0.551. The molecule has 0 fully saturated rings. The molecule has 22 heavy (non-hydrogen) atoms. The molecule has 1 amide bonds. The molecule has 1 N–H and O–H groups in total. The zero-order valence-electron chi connectivity index (χ0n) is 11.8. The second-order valence-electron chi connectivity index (χ2n) is 4.46. The molecule has 2 aromatic rings. The highest BCUT2D eigenvalue weighted by Crippen LogP contribution is 2.21. The van der Waals surface area contributed by atoms with Crippen molar-refractivity contribution >= 4 is 34.8 Å². The minimum absolute atomic E-state index is 0.152. The van der Waals surface area contributed by atoms with Crippen LogP contribution in [-0.2, 0) is 11.2 Å². The Morgan fingerprint density at radius 1 is 1.41 bits per heavy atom. The number of nitrogens with zero attached hydrogens (tertiary/aromatic N) is 2. The number of carbonyl (C=O) groups is 2. The summed E-state index contributed by atoms with van der Waals surface area (Å²) in [6, 6.07) is 4.43. The molecule has 0 saturated heterocycles. The average molecular weight is 339 g/mol. The molecular weight excluding hydrogens is 325 g/mol. The third-order valence-electron chi connectivity index (χ3n) is 2.81. The third kappa shape index (κ3) is 4.88. The summed E-state index contributed by atoms with van der Waals surface area (Å²) >= 11 is 2.64. The first-order valence-electron chi connectivity index (χ1n) is 6.51. The number of nitrogens with one attached hydrogen (secondary N) is 1. The molecule has 0 spiro atoms. The van der Waals surface area contributed by atoms with E-state index < -0.39 is 5.82 Å². The number of thioether (sulfide) groups is 1. The van der Waals surface area contributed by atoms with Gasteiger partial charge in [0.1, 0.15) is 11.3 Å². The van der Waals surface area contributed by atoms with E-state index in [0.717, 1.165) is 0 Å². The highest BCUT2D eigenvalue weighted by atomic mass is 32.2. The molecular formula is C14H14FN3O2S2. The lowest BCUT2D eigenvalue weighted by Crippen LogP contribution is -2.22. The molecule has 0 unspecified atom stereocenters. The largest absolute Gasteiger partial charge is 0.356 e. The van der Waals surface area contributed by atoms with Gasteiger partial charge in [-0.2, -0.15) is 0 Å². The van der Waals surface area contributed by atoms with Crippen LogP contribution in [0.4, 0.5) is 4.39 Å². The van der Waals surface area contributed by atoms with Gasteiger partial charge in [0, 0.05) is 19.0 Å². The van der Waals surface area contributed by atoms with Gasteiger partial charge in [-0.1, -0.05) is 35.2 Å². The Labute approximate surface area is 135 Å². The topological polar surface area (TPSA) is 72.0 Å².